The van der Waals surface area contributed by atoms with Gasteiger partial charge < -0.3 is 10.0 Å². The zero-order valence-corrected chi connectivity index (χ0v) is 9.92. The number of carbonyl (C=O) groups is 1. The Bertz CT molecular complexity index is 422. The molecule has 1 atom stereocenters. The van der Waals surface area contributed by atoms with Crippen molar-refractivity contribution in [2.24, 2.45) is 0 Å². The molecule has 0 aliphatic carbocycles. The molecule has 17 heavy (non-hydrogen) atoms. The van der Waals surface area contributed by atoms with Crippen LogP contribution in [0.3, 0.4) is 0 Å². The molecular weight excluding hydrogens is 218 g/mol. The summed E-state index contributed by atoms with van der Waals surface area (Å²) < 4.78 is 0. The molecular formula is C12H15N3O2. The van der Waals surface area contributed by atoms with Crippen molar-refractivity contribution < 1.29 is 9.90 Å². The Morgan fingerprint density at radius 3 is 2.76 bits per heavy atom. The van der Waals surface area contributed by atoms with E-state index < -0.39 is 5.97 Å². The zero-order valence-electron chi connectivity index (χ0n) is 9.92. The van der Waals surface area contributed by atoms with Gasteiger partial charge in [-0.1, -0.05) is 6.92 Å². The molecule has 0 aliphatic rings. The molecule has 0 aliphatic heterocycles. The summed E-state index contributed by atoms with van der Waals surface area (Å²) in [6.07, 6.45) is 2.38. The van der Waals surface area contributed by atoms with Crippen LogP contribution in [0.5, 0.6) is 0 Å². The van der Waals surface area contributed by atoms with Crippen LogP contribution in [0.2, 0.25) is 0 Å². The second-order valence-electron chi connectivity index (χ2n) is 3.79. The van der Waals surface area contributed by atoms with E-state index in [2.05, 4.69) is 4.98 Å². The Morgan fingerprint density at radius 1 is 1.65 bits per heavy atom. The van der Waals surface area contributed by atoms with E-state index in [1.807, 2.05) is 19.9 Å². The highest BCUT2D eigenvalue weighted by Crippen LogP contribution is 2.17. The van der Waals surface area contributed by atoms with E-state index in [1.54, 1.807) is 17.0 Å². The van der Waals surface area contributed by atoms with Crippen molar-refractivity contribution in [1.29, 1.82) is 5.26 Å². The molecule has 1 aromatic heterocycles. The number of anilines is 1. The third-order valence-corrected chi connectivity index (χ3v) is 2.62. The maximum absolute atomic E-state index is 10.8. The van der Waals surface area contributed by atoms with E-state index in [9.17, 15) is 4.79 Å². The molecule has 0 radical (unpaired) electrons. The number of nitrogens with zero attached hydrogens (tertiary/aromatic N) is 3. The van der Waals surface area contributed by atoms with Gasteiger partial charge in [-0.05, 0) is 25.5 Å². The van der Waals surface area contributed by atoms with Crippen LogP contribution in [0, 0.1) is 11.3 Å². The lowest BCUT2D eigenvalue weighted by Crippen LogP contribution is -2.37. The fourth-order valence-electron chi connectivity index (χ4n) is 1.49. The molecule has 0 amide bonds. The van der Waals surface area contributed by atoms with Gasteiger partial charge in [0.25, 0.3) is 0 Å². The minimum atomic E-state index is -0.880. The maximum Gasteiger partial charge on any atom is 0.323 e. The molecule has 0 saturated carbocycles. The van der Waals surface area contributed by atoms with Crippen molar-refractivity contribution in [3.63, 3.8) is 0 Å². The summed E-state index contributed by atoms with van der Waals surface area (Å²) in [6, 6.07) is 5.36. The van der Waals surface area contributed by atoms with E-state index in [4.69, 9.17) is 10.4 Å². The number of pyridine rings is 1. The van der Waals surface area contributed by atoms with Crippen molar-refractivity contribution in [1.82, 2.24) is 4.98 Å². The van der Waals surface area contributed by atoms with Crippen LogP contribution in [0.4, 0.5) is 5.69 Å². The van der Waals surface area contributed by atoms with Gasteiger partial charge in [-0.2, -0.15) is 5.26 Å². The lowest BCUT2D eigenvalue weighted by atomic mass is 10.2. The molecule has 5 heteroatoms. The van der Waals surface area contributed by atoms with Crippen molar-refractivity contribution in [3.05, 3.63) is 24.0 Å². The highest BCUT2D eigenvalue weighted by molar-refractivity contribution is 5.73. The van der Waals surface area contributed by atoms with Crippen LogP contribution in [-0.4, -0.2) is 28.6 Å². The second kappa shape index (κ2) is 5.85. The largest absolute Gasteiger partial charge is 0.480 e. The summed E-state index contributed by atoms with van der Waals surface area (Å²) in [5.74, 6) is -0.880. The molecule has 1 rings (SSSR count). The Morgan fingerprint density at radius 2 is 2.35 bits per heavy atom. The number of carboxylic acid groups (broad SMARTS) is 1. The highest BCUT2D eigenvalue weighted by atomic mass is 16.4. The molecule has 0 spiro atoms. The van der Waals surface area contributed by atoms with Crippen molar-refractivity contribution >= 4 is 11.7 Å². The first kappa shape index (κ1) is 13.0. The Labute approximate surface area is 100 Å². The van der Waals surface area contributed by atoms with E-state index in [0.29, 0.717) is 5.69 Å². The molecule has 5 nitrogen and oxygen atoms in total. The van der Waals surface area contributed by atoms with Gasteiger partial charge in [0.1, 0.15) is 18.3 Å². The number of rotatable bonds is 5. The first-order valence-corrected chi connectivity index (χ1v) is 5.43. The fraction of sp³-hybridized carbons (Fsp3) is 0.417. The van der Waals surface area contributed by atoms with Gasteiger partial charge in [-0.15, -0.1) is 0 Å². The number of aromatic nitrogens is 1. The predicted molar refractivity (Wildman–Crippen MR) is 63.7 cm³/mol. The van der Waals surface area contributed by atoms with Gasteiger partial charge in [-0.25, -0.2) is 4.98 Å². The van der Waals surface area contributed by atoms with Crippen LogP contribution >= 0.6 is 0 Å². The minimum Gasteiger partial charge on any atom is -0.480 e. The summed E-state index contributed by atoms with van der Waals surface area (Å²) in [5, 5.41) is 17.5. The summed E-state index contributed by atoms with van der Waals surface area (Å²) >= 11 is 0. The summed E-state index contributed by atoms with van der Waals surface area (Å²) in [5.41, 5.74) is 1.05. The molecule has 0 aromatic carbocycles. The maximum atomic E-state index is 10.8. The standard InChI is InChI=1S/C12H15N3O2/c1-3-9(2)15(8-12(16)17)11-5-4-10(6-13)14-7-11/h4-5,7,9H,3,8H2,1-2H3,(H,16,17). The van der Waals surface area contributed by atoms with Crippen molar-refractivity contribution in [2.75, 3.05) is 11.4 Å². The summed E-state index contributed by atoms with van der Waals surface area (Å²) in [4.78, 5) is 16.5. The van der Waals surface area contributed by atoms with Crippen LogP contribution in [-0.2, 0) is 4.79 Å². The minimum absolute atomic E-state index is 0.0669. The number of hydrogen-bond donors (Lipinski definition) is 1. The molecule has 0 bridgehead atoms. The van der Waals surface area contributed by atoms with Gasteiger partial charge in [0, 0.05) is 6.04 Å². The van der Waals surface area contributed by atoms with E-state index in [-0.39, 0.29) is 12.6 Å². The molecule has 1 aromatic rings. The van der Waals surface area contributed by atoms with Crippen LogP contribution < -0.4 is 4.90 Å². The highest BCUT2D eigenvalue weighted by Gasteiger charge is 2.16. The predicted octanol–water partition coefficient (Wildman–Crippen LogP) is 1.64. The quantitative estimate of drug-likeness (QED) is 0.836. The lowest BCUT2D eigenvalue weighted by Gasteiger charge is -2.28. The molecule has 0 fully saturated rings. The topological polar surface area (TPSA) is 77.2 Å². The molecule has 1 unspecified atom stereocenters. The normalized spacial score (nSPS) is 11.6. The Balaban J connectivity index is 2.96. The second-order valence-corrected chi connectivity index (χ2v) is 3.79. The van der Waals surface area contributed by atoms with Gasteiger partial charge >= 0.3 is 5.97 Å². The summed E-state index contributed by atoms with van der Waals surface area (Å²) in [7, 11) is 0. The van der Waals surface area contributed by atoms with Crippen LogP contribution in [0.1, 0.15) is 26.0 Å². The first-order chi connectivity index (χ1) is 8.08. The van der Waals surface area contributed by atoms with Gasteiger partial charge in [-0.3, -0.25) is 4.79 Å². The number of aliphatic carboxylic acids is 1. The Hall–Kier alpha value is -2.09. The van der Waals surface area contributed by atoms with E-state index >= 15 is 0 Å². The number of carboxylic acids is 1. The SMILES string of the molecule is CCC(C)N(CC(=O)O)c1ccc(C#N)nc1. The summed E-state index contributed by atoms with van der Waals surface area (Å²) in [6.45, 7) is 3.89. The average Bonchev–Trinajstić information content (AvgIpc) is 2.35. The van der Waals surface area contributed by atoms with E-state index in [0.717, 1.165) is 12.1 Å². The fourth-order valence-corrected chi connectivity index (χ4v) is 1.49. The molecule has 1 N–H and O–H groups in total. The Kier molecular flexibility index (Phi) is 4.46. The van der Waals surface area contributed by atoms with Crippen molar-refractivity contribution in [2.45, 2.75) is 26.3 Å². The zero-order chi connectivity index (χ0) is 12.8. The molecule has 0 saturated heterocycles. The first-order valence-electron chi connectivity index (χ1n) is 5.43. The van der Waals surface area contributed by atoms with Crippen molar-refractivity contribution in [3.8, 4) is 6.07 Å². The smallest absolute Gasteiger partial charge is 0.323 e. The van der Waals surface area contributed by atoms with Crippen LogP contribution in [0.15, 0.2) is 18.3 Å². The van der Waals surface area contributed by atoms with Crippen LogP contribution in [0.25, 0.3) is 0 Å². The van der Waals surface area contributed by atoms with Gasteiger partial charge in [0.15, 0.2) is 0 Å². The lowest BCUT2D eigenvalue weighted by molar-refractivity contribution is -0.135. The van der Waals surface area contributed by atoms with E-state index in [1.165, 1.54) is 6.20 Å². The van der Waals surface area contributed by atoms with Gasteiger partial charge in [0.05, 0.1) is 11.9 Å². The van der Waals surface area contributed by atoms with Gasteiger partial charge in [0.2, 0.25) is 0 Å². The number of nitriles is 1. The third kappa shape index (κ3) is 3.45. The molecule has 1 heterocycles. The molecule has 90 valence electrons. The monoisotopic (exact) mass is 233 g/mol. The third-order valence-electron chi connectivity index (χ3n) is 2.62. The number of hydrogen-bond acceptors (Lipinski definition) is 4. The average molecular weight is 233 g/mol.